The van der Waals surface area contributed by atoms with E-state index in [2.05, 4.69) is 44.7 Å². The van der Waals surface area contributed by atoms with Crippen LogP contribution in [-0.4, -0.2) is 22.1 Å². The number of nitrogen functional groups attached to an aromatic ring is 1. The molecule has 0 aromatic carbocycles. The second kappa shape index (κ2) is 6.88. The third kappa shape index (κ3) is 4.14. The van der Waals surface area contributed by atoms with Gasteiger partial charge in [-0.15, -0.1) is 0 Å². The number of anilines is 1. The molecule has 1 heterocycles. The molecule has 1 aliphatic rings. The normalized spacial score (nSPS) is 20.4. The summed E-state index contributed by atoms with van der Waals surface area (Å²) in [6.07, 6.45) is 11.3. The van der Waals surface area contributed by atoms with Gasteiger partial charge in [0.2, 0.25) is 0 Å². The molecule has 1 aliphatic carbocycles. The van der Waals surface area contributed by atoms with Gasteiger partial charge in [-0.05, 0) is 51.7 Å². The van der Waals surface area contributed by atoms with Crippen LogP contribution < -0.4 is 5.73 Å². The fraction of sp³-hybridized carbons (Fsp3) is 0.500. The summed E-state index contributed by atoms with van der Waals surface area (Å²) in [7, 11) is 0. The molecule has 0 saturated heterocycles. The van der Waals surface area contributed by atoms with Crippen LogP contribution in [0.2, 0.25) is 0 Å². The Balaban J connectivity index is 2.07. The van der Waals surface area contributed by atoms with Gasteiger partial charge in [-0.25, -0.2) is 0 Å². The van der Waals surface area contributed by atoms with Crippen LogP contribution in [0.3, 0.4) is 0 Å². The van der Waals surface area contributed by atoms with Crippen LogP contribution in [0.25, 0.3) is 11.6 Å². The predicted molar refractivity (Wildman–Crippen MR) is 98.5 cm³/mol. The summed E-state index contributed by atoms with van der Waals surface area (Å²) in [5.74, 6) is 0. The van der Waals surface area contributed by atoms with Crippen LogP contribution in [0, 0.1) is 0 Å². The van der Waals surface area contributed by atoms with Gasteiger partial charge in [0.15, 0.2) is 4.75 Å². The summed E-state index contributed by atoms with van der Waals surface area (Å²) in [6, 6.07) is 1.93. The highest BCUT2D eigenvalue weighted by Gasteiger charge is 2.35. The number of nitrogens with zero attached hydrogens (tertiary/aromatic N) is 1. The maximum atomic E-state index is 6.24. The van der Waals surface area contributed by atoms with Crippen LogP contribution in [-0.2, 0) is 15.4 Å². The van der Waals surface area contributed by atoms with E-state index < -0.39 is 0 Å². The smallest absolute Gasteiger partial charge is 0.152 e. The molecule has 4 heteroatoms. The van der Waals surface area contributed by atoms with Crippen molar-refractivity contribution in [2.75, 3.05) is 12.0 Å². The number of hydrogen-bond donors (Lipinski definition) is 1. The summed E-state index contributed by atoms with van der Waals surface area (Å²) >= 11 is -0.0273. The molecule has 0 saturated carbocycles. The number of nitrogens with two attached hydrogens (primary N) is 1. The first-order valence-corrected chi connectivity index (χ1v) is 9.27. The Kier molecular flexibility index (Phi) is 5.35. The van der Waals surface area contributed by atoms with Gasteiger partial charge in [0.05, 0.1) is 17.6 Å². The number of allylic oxidation sites excluding steroid dienone is 1. The van der Waals surface area contributed by atoms with Gasteiger partial charge in [-0.2, -0.15) is 4.18 Å². The molecule has 0 aliphatic heterocycles. The standard InChI is InChI=1S/C18H27N2OS/c1-6-13-11-15(19)12-20-17(13)14-7-9-16(10-8-14)21-22(5)18(2,3)4/h6-7,11-12,16H,1,8-10,19H2,2-5H3/q+1. The SMILES string of the molecule is C=Cc1cc(N)cnc1C1=CCC(O[S+](C)C(C)(C)C)CC1. The van der Waals surface area contributed by atoms with Gasteiger partial charge in [-0.1, -0.05) is 18.7 Å². The molecule has 0 bridgehead atoms. The third-order valence-electron chi connectivity index (χ3n) is 3.97. The Morgan fingerprint density at radius 2 is 2.18 bits per heavy atom. The predicted octanol–water partition coefficient (Wildman–Crippen LogP) is 4.22. The highest BCUT2D eigenvalue weighted by atomic mass is 32.2. The van der Waals surface area contributed by atoms with Gasteiger partial charge in [0.25, 0.3) is 0 Å². The first kappa shape index (κ1) is 17.1. The average Bonchev–Trinajstić information content (AvgIpc) is 2.47. The van der Waals surface area contributed by atoms with Gasteiger partial charge >= 0.3 is 0 Å². The summed E-state index contributed by atoms with van der Waals surface area (Å²) in [4.78, 5) is 4.49. The zero-order chi connectivity index (χ0) is 16.3. The molecule has 0 spiro atoms. The maximum Gasteiger partial charge on any atom is 0.152 e. The van der Waals surface area contributed by atoms with E-state index in [1.165, 1.54) is 5.57 Å². The zero-order valence-electron chi connectivity index (χ0n) is 14.1. The number of aromatic nitrogens is 1. The molecule has 0 amide bonds. The van der Waals surface area contributed by atoms with E-state index in [1.807, 2.05) is 12.1 Å². The maximum absolute atomic E-state index is 6.24. The minimum atomic E-state index is -0.0273. The van der Waals surface area contributed by atoms with E-state index in [4.69, 9.17) is 9.92 Å². The summed E-state index contributed by atoms with van der Waals surface area (Å²) in [6.45, 7) is 10.6. The van der Waals surface area contributed by atoms with E-state index >= 15 is 0 Å². The van der Waals surface area contributed by atoms with Crippen molar-refractivity contribution in [1.29, 1.82) is 0 Å². The van der Waals surface area contributed by atoms with Crippen molar-refractivity contribution in [3.63, 3.8) is 0 Å². The van der Waals surface area contributed by atoms with Crippen molar-refractivity contribution in [1.82, 2.24) is 4.98 Å². The van der Waals surface area contributed by atoms with Crippen molar-refractivity contribution in [3.8, 4) is 0 Å². The topological polar surface area (TPSA) is 48.1 Å². The lowest BCUT2D eigenvalue weighted by Crippen LogP contribution is -2.33. The summed E-state index contributed by atoms with van der Waals surface area (Å²) in [5, 5.41) is 0. The molecule has 3 nitrogen and oxygen atoms in total. The number of hydrogen-bond acceptors (Lipinski definition) is 3. The van der Waals surface area contributed by atoms with Gasteiger partial charge in [0, 0.05) is 5.56 Å². The molecule has 2 atom stereocenters. The van der Waals surface area contributed by atoms with Gasteiger partial charge in [0.1, 0.15) is 23.5 Å². The van der Waals surface area contributed by atoms with Crippen molar-refractivity contribution in [2.45, 2.75) is 50.9 Å². The molecule has 2 unspecified atom stereocenters. The highest BCUT2D eigenvalue weighted by molar-refractivity contribution is 7.93. The van der Waals surface area contributed by atoms with E-state index in [1.54, 1.807) is 6.20 Å². The largest absolute Gasteiger partial charge is 0.397 e. The molecule has 1 aromatic rings. The van der Waals surface area contributed by atoms with E-state index in [0.29, 0.717) is 11.8 Å². The number of pyridine rings is 1. The quantitative estimate of drug-likeness (QED) is 0.845. The summed E-state index contributed by atoms with van der Waals surface area (Å²) in [5.41, 5.74) is 9.78. The van der Waals surface area contributed by atoms with Crippen LogP contribution in [0.1, 0.15) is 51.3 Å². The Morgan fingerprint density at radius 3 is 2.73 bits per heavy atom. The highest BCUT2D eigenvalue weighted by Crippen LogP contribution is 2.32. The Bertz CT molecular complexity index is 575. The lowest BCUT2D eigenvalue weighted by atomic mass is 9.93. The Hall–Kier alpha value is -1.26. The van der Waals surface area contributed by atoms with Crippen LogP contribution in [0.5, 0.6) is 0 Å². The molecule has 22 heavy (non-hydrogen) atoms. The summed E-state index contributed by atoms with van der Waals surface area (Å²) < 4.78 is 6.45. The van der Waals surface area contributed by atoms with Gasteiger partial charge < -0.3 is 5.73 Å². The number of rotatable bonds is 4. The van der Waals surface area contributed by atoms with Crippen LogP contribution in [0.4, 0.5) is 5.69 Å². The van der Waals surface area contributed by atoms with Crippen LogP contribution in [0.15, 0.2) is 24.9 Å². The fourth-order valence-electron chi connectivity index (χ4n) is 2.38. The van der Waals surface area contributed by atoms with Crippen LogP contribution >= 0.6 is 0 Å². The average molecular weight is 319 g/mol. The molecular weight excluding hydrogens is 292 g/mol. The van der Waals surface area contributed by atoms with Gasteiger partial charge in [-0.3, -0.25) is 4.98 Å². The first-order chi connectivity index (χ1) is 10.3. The first-order valence-electron chi connectivity index (χ1n) is 7.72. The zero-order valence-corrected chi connectivity index (χ0v) is 14.9. The van der Waals surface area contributed by atoms with E-state index in [0.717, 1.165) is 30.5 Å². The Labute approximate surface area is 137 Å². The molecule has 2 rings (SSSR count). The fourth-order valence-corrected chi connectivity index (χ4v) is 3.26. The van der Waals surface area contributed by atoms with E-state index in [-0.39, 0.29) is 15.9 Å². The minimum absolute atomic E-state index is 0.0273. The molecule has 0 fully saturated rings. The van der Waals surface area contributed by atoms with Crippen molar-refractivity contribution in [3.05, 3.63) is 36.2 Å². The molecule has 2 N–H and O–H groups in total. The lowest BCUT2D eigenvalue weighted by molar-refractivity contribution is 0.218. The third-order valence-corrected chi connectivity index (χ3v) is 6.25. The van der Waals surface area contributed by atoms with E-state index in [9.17, 15) is 0 Å². The molecule has 1 aromatic heterocycles. The lowest BCUT2D eigenvalue weighted by Gasteiger charge is -2.24. The molecular formula is C18H27N2OS+. The minimum Gasteiger partial charge on any atom is -0.397 e. The monoisotopic (exact) mass is 319 g/mol. The second-order valence-corrected chi connectivity index (χ2v) is 9.02. The molecule has 0 radical (unpaired) electrons. The van der Waals surface area contributed by atoms with Crippen molar-refractivity contribution < 1.29 is 4.18 Å². The Morgan fingerprint density at radius 1 is 1.45 bits per heavy atom. The second-order valence-electron chi connectivity index (χ2n) is 6.70. The molecule has 120 valence electrons. The van der Waals surface area contributed by atoms with Crippen molar-refractivity contribution in [2.24, 2.45) is 0 Å². The van der Waals surface area contributed by atoms with Crippen molar-refractivity contribution >= 4 is 28.5 Å².